The van der Waals surface area contributed by atoms with E-state index >= 15 is 0 Å². The third-order valence-corrected chi connectivity index (χ3v) is 5.01. The van der Waals surface area contributed by atoms with Crippen LogP contribution in [-0.2, 0) is 9.63 Å². The quantitative estimate of drug-likeness (QED) is 0.346. The number of nitrogens with zero attached hydrogens (tertiary/aromatic N) is 2. The van der Waals surface area contributed by atoms with Gasteiger partial charge in [-0.05, 0) is 36.4 Å². The first-order valence-corrected chi connectivity index (χ1v) is 9.55. The smallest absolute Gasteiger partial charge is 0.364 e. The fraction of sp³-hybridized carbons (Fsp3) is 0. The SMILES string of the molecule is NC(=O)C(=NOC(=O)c1ccc(Cl)cc1)c1nc(-c2ccc(Br)cc2)cs1. The van der Waals surface area contributed by atoms with Gasteiger partial charge in [0, 0.05) is 20.4 Å². The molecule has 1 aromatic heterocycles. The van der Waals surface area contributed by atoms with E-state index in [0.717, 1.165) is 10.0 Å². The molecule has 3 aromatic rings. The summed E-state index contributed by atoms with van der Waals surface area (Å²) in [5.74, 6) is -1.59. The number of oxime groups is 1. The Morgan fingerprint density at radius 2 is 1.78 bits per heavy atom. The second-order valence-corrected chi connectivity index (χ2v) is 7.44. The van der Waals surface area contributed by atoms with Crippen LogP contribution in [-0.4, -0.2) is 22.6 Å². The molecule has 0 aliphatic heterocycles. The van der Waals surface area contributed by atoms with Gasteiger partial charge in [0.1, 0.15) is 0 Å². The van der Waals surface area contributed by atoms with Crippen LogP contribution in [0.3, 0.4) is 0 Å². The number of carbonyl (C=O) groups excluding carboxylic acids is 2. The first kappa shape index (κ1) is 19.2. The van der Waals surface area contributed by atoms with Crippen molar-refractivity contribution < 1.29 is 14.4 Å². The third-order valence-electron chi connectivity index (χ3n) is 3.38. The Hall–Kier alpha value is -2.55. The number of amides is 1. The molecule has 27 heavy (non-hydrogen) atoms. The van der Waals surface area contributed by atoms with Crippen molar-refractivity contribution in [2.75, 3.05) is 0 Å². The van der Waals surface area contributed by atoms with Gasteiger partial charge >= 0.3 is 5.97 Å². The van der Waals surface area contributed by atoms with Gasteiger partial charge in [-0.15, -0.1) is 11.3 Å². The maximum absolute atomic E-state index is 12.0. The lowest BCUT2D eigenvalue weighted by atomic mass is 10.2. The molecule has 0 radical (unpaired) electrons. The summed E-state index contributed by atoms with van der Waals surface area (Å²) in [5, 5.41) is 6.11. The fourth-order valence-corrected chi connectivity index (χ4v) is 3.25. The Balaban J connectivity index is 1.82. The second kappa shape index (κ2) is 8.43. The number of benzene rings is 2. The number of hydrogen-bond acceptors (Lipinski definition) is 6. The number of halogens is 2. The summed E-state index contributed by atoms with van der Waals surface area (Å²) in [6.45, 7) is 0. The summed E-state index contributed by atoms with van der Waals surface area (Å²) < 4.78 is 0.940. The molecule has 0 saturated carbocycles. The molecule has 1 amide bonds. The van der Waals surface area contributed by atoms with Crippen LogP contribution < -0.4 is 5.73 Å². The second-order valence-electron chi connectivity index (χ2n) is 5.23. The summed E-state index contributed by atoms with van der Waals surface area (Å²) >= 11 is 10.3. The molecule has 9 heteroatoms. The zero-order valence-corrected chi connectivity index (χ0v) is 16.7. The largest absolute Gasteiger partial charge is 0.365 e. The maximum atomic E-state index is 12.0. The van der Waals surface area contributed by atoms with E-state index < -0.39 is 11.9 Å². The summed E-state index contributed by atoms with van der Waals surface area (Å²) in [6, 6.07) is 13.6. The van der Waals surface area contributed by atoms with E-state index in [0.29, 0.717) is 10.7 Å². The molecule has 3 rings (SSSR count). The van der Waals surface area contributed by atoms with Crippen LogP contribution in [0.4, 0.5) is 0 Å². The first-order valence-electron chi connectivity index (χ1n) is 7.50. The van der Waals surface area contributed by atoms with Gasteiger partial charge in [-0.25, -0.2) is 9.78 Å². The fourth-order valence-electron chi connectivity index (χ4n) is 2.05. The Morgan fingerprint density at radius 1 is 1.11 bits per heavy atom. The highest BCUT2D eigenvalue weighted by Gasteiger charge is 2.18. The first-order chi connectivity index (χ1) is 12.9. The lowest BCUT2D eigenvalue weighted by Gasteiger charge is -2.01. The van der Waals surface area contributed by atoms with Gasteiger partial charge in [0.15, 0.2) is 5.01 Å². The highest BCUT2D eigenvalue weighted by molar-refractivity contribution is 9.10. The highest BCUT2D eigenvalue weighted by atomic mass is 79.9. The minimum absolute atomic E-state index is 0.231. The number of hydrogen-bond donors (Lipinski definition) is 1. The van der Waals surface area contributed by atoms with Gasteiger partial charge in [-0.3, -0.25) is 4.79 Å². The predicted octanol–water partition coefficient (Wildman–Crippen LogP) is 4.27. The lowest BCUT2D eigenvalue weighted by Crippen LogP contribution is -2.25. The van der Waals surface area contributed by atoms with E-state index in [1.54, 1.807) is 17.5 Å². The minimum Gasteiger partial charge on any atom is -0.364 e. The molecule has 0 spiro atoms. The zero-order valence-electron chi connectivity index (χ0n) is 13.6. The van der Waals surface area contributed by atoms with Gasteiger partial charge in [0.25, 0.3) is 5.91 Å². The monoisotopic (exact) mass is 463 g/mol. The van der Waals surface area contributed by atoms with E-state index in [4.69, 9.17) is 22.2 Å². The molecule has 136 valence electrons. The molecule has 0 unspecified atom stereocenters. The summed E-state index contributed by atoms with van der Waals surface area (Å²) in [5.41, 5.74) is 6.89. The van der Waals surface area contributed by atoms with Crippen LogP contribution in [0.15, 0.2) is 63.5 Å². The van der Waals surface area contributed by atoms with E-state index in [1.165, 1.54) is 23.5 Å². The average Bonchev–Trinajstić information content (AvgIpc) is 3.12. The van der Waals surface area contributed by atoms with Crippen molar-refractivity contribution in [3.8, 4) is 11.3 Å². The van der Waals surface area contributed by atoms with E-state index in [2.05, 4.69) is 26.1 Å². The number of nitrogens with two attached hydrogens (primary N) is 1. The van der Waals surface area contributed by atoms with Crippen molar-refractivity contribution in [2.45, 2.75) is 0 Å². The number of rotatable bonds is 5. The average molecular weight is 465 g/mol. The standard InChI is InChI=1S/C18H11BrClN3O3S/c19-12-5-1-10(2-6-12)14-9-27-17(22-14)15(16(21)24)23-26-18(25)11-3-7-13(20)8-4-11/h1-9H,(H2,21,24). The van der Waals surface area contributed by atoms with Crippen LogP contribution in [0.5, 0.6) is 0 Å². The molecule has 0 aliphatic carbocycles. The van der Waals surface area contributed by atoms with Gasteiger partial charge in [-0.1, -0.05) is 44.8 Å². The summed E-state index contributed by atoms with van der Waals surface area (Å²) in [7, 11) is 0. The van der Waals surface area contributed by atoms with Crippen LogP contribution >= 0.6 is 38.9 Å². The van der Waals surface area contributed by atoms with Crippen LogP contribution in [0.1, 0.15) is 15.4 Å². The van der Waals surface area contributed by atoms with Gasteiger partial charge in [-0.2, -0.15) is 0 Å². The molecule has 1 heterocycles. The number of carbonyl (C=O) groups is 2. The molecule has 0 saturated heterocycles. The molecule has 0 aliphatic rings. The van der Waals surface area contributed by atoms with Crippen LogP contribution in [0.2, 0.25) is 5.02 Å². The summed E-state index contributed by atoms with van der Waals surface area (Å²) in [4.78, 5) is 33.0. The van der Waals surface area contributed by atoms with Crippen molar-refractivity contribution >= 4 is 56.5 Å². The molecular weight excluding hydrogens is 454 g/mol. The molecule has 2 aromatic carbocycles. The van der Waals surface area contributed by atoms with E-state index in [-0.39, 0.29) is 16.3 Å². The molecular formula is C18H11BrClN3O3S. The van der Waals surface area contributed by atoms with Gasteiger partial charge < -0.3 is 10.6 Å². The zero-order chi connectivity index (χ0) is 19.4. The van der Waals surface area contributed by atoms with Crippen LogP contribution in [0.25, 0.3) is 11.3 Å². The van der Waals surface area contributed by atoms with Crippen molar-refractivity contribution in [3.05, 3.63) is 74.0 Å². The summed E-state index contributed by atoms with van der Waals surface area (Å²) in [6.07, 6.45) is 0. The highest BCUT2D eigenvalue weighted by Crippen LogP contribution is 2.24. The molecule has 2 N–H and O–H groups in total. The predicted molar refractivity (Wildman–Crippen MR) is 108 cm³/mol. The van der Waals surface area contributed by atoms with Crippen molar-refractivity contribution in [1.82, 2.24) is 4.98 Å². The van der Waals surface area contributed by atoms with E-state index in [9.17, 15) is 9.59 Å². The topological polar surface area (TPSA) is 94.6 Å². The van der Waals surface area contributed by atoms with Gasteiger partial charge in [0.2, 0.25) is 5.71 Å². The van der Waals surface area contributed by atoms with Crippen molar-refractivity contribution in [2.24, 2.45) is 10.9 Å². The molecule has 6 nitrogen and oxygen atoms in total. The molecule has 0 fully saturated rings. The lowest BCUT2D eigenvalue weighted by molar-refractivity contribution is -0.112. The maximum Gasteiger partial charge on any atom is 0.365 e. The Kier molecular flexibility index (Phi) is 6.00. The van der Waals surface area contributed by atoms with E-state index in [1.807, 2.05) is 24.3 Å². The van der Waals surface area contributed by atoms with Crippen LogP contribution in [0, 0.1) is 0 Å². The number of primary amides is 1. The Morgan fingerprint density at radius 3 is 2.41 bits per heavy atom. The Labute approximate surface area is 171 Å². The molecule has 0 atom stereocenters. The third kappa shape index (κ3) is 4.79. The molecule has 0 bridgehead atoms. The normalized spacial score (nSPS) is 11.3. The van der Waals surface area contributed by atoms with Gasteiger partial charge in [0.05, 0.1) is 11.3 Å². The number of thiazole rings is 1. The Bertz CT molecular complexity index is 1020. The number of aromatic nitrogens is 1. The van der Waals surface area contributed by atoms with Crippen molar-refractivity contribution in [3.63, 3.8) is 0 Å². The minimum atomic E-state index is -0.851. The van der Waals surface area contributed by atoms with Crippen molar-refractivity contribution in [1.29, 1.82) is 0 Å².